The number of rotatable bonds is 3. The molecule has 3 aromatic rings. The van der Waals surface area contributed by atoms with Crippen LogP contribution in [0.15, 0.2) is 42.5 Å². The molecule has 0 aliphatic heterocycles. The summed E-state index contributed by atoms with van der Waals surface area (Å²) in [4.78, 5) is 0. The van der Waals surface area contributed by atoms with E-state index >= 15 is 0 Å². The van der Waals surface area contributed by atoms with Gasteiger partial charge in [-0.25, -0.2) is 0 Å². The van der Waals surface area contributed by atoms with Crippen molar-refractivity contribution in [2.75, 3.05) is 0 Å². The molecule has 3 nitrogen and oxygen atoms in total. The van der Waals surface area contributed by atoms with Crippen LogP contribution in [0.5, 0.6) is 0 Å². The number of benzene rings is 2. The molecule has 0 saturated carbocycles. The van der Waals surface area contributed by atoms with Gasteiger partial charge in [-0.15, -0.1) is 0 Å². The lowest BCUT2D eigenvalue weighted by molar-refractivity contribution is 0.681. The Morgan fingerprint density at radius 1 is 1.10 bits per heavy atom. The van der Waals surface area contributed by atoms with Crippen molar-refractivity contribution in [1.82, 2.24) is 9.78 Å². The molecular formula is C18H21N3. The molecule has 2 aromatic carbocycles. The maximum Gasteiger partial charge on any atom is 0.0722 e. The standard InChI is InChI=1S/C18H21N3/c1-12-8-9-14(10-13(12)2)16(19)11-17-15-6-4-5-7-18(15)21(3)20-17/h4-10,16H,11,19H2,1-3H3. The molecule has 108 valence electrons. The van der Waals surface area contributed by atoms with Crippen LogP contribution in [0.2, 0.25) is 0 Å². The monoisotopic (exact) mass is 279 g/mol. The van der Waals surface area contributed by atoms with Crippen molar-refractivity contribution in [2.45, 2.75) is 26.3 Å². The molecule has 3 heteroatoms. The van der Waals surface area contributed by atoms with E-state index in [1.54, 1.807) is 0 Å². The van der Waals surface area contributed by atoms with E-state index in [1.807, 2.05) is 17.8 Å². The normalized spacial score (nSPS) is 12.8. The summed E-state index contributed by atoms with van der Waals surface area (Å²) in [5.41, 5.74) is 12.4. The van der Waals surface area contributed by atoms with Crippen molar-refractivity contribution in [3.63, 3.8) is 0 Å². The largest absolute Gasteiger partial charge is 0.324 e. The number of aryl methyl sites for hydroxylation is 3. The molecular weight excluding hydrogens is 258 g/mol. The molecule has 0 aliphatic rings. The van der Waals surface area contributed by atoms with E-state index in [2.05, 4.69) is 55.3 Å². The molecule has 1 aromatic heterocycles. The Kier molecular flexibility index (Phi) is 3.52. The summed E-state index contributed by atoms with van der Waals surface area (Å²) in [6, 6.07) is 14.7. The molecule has 2 N–H and O–H groups in total. The van der Waals surface area contributed by atoms with Gasteiger partial charge in [0.1, 0.15) is 0 Å². The molecule has 3 rings (SSSR count). The third-order valence-corrected chi connectivity index (χ3v) is 4.21. The Bertz CT molecular complexity index is 786. The number of aromatic nitrogens is 2. The predicted molar refractivity (Wildman–Crippen MR) is 87.3 cm³/mol. The lowest BCUT2D eigenvalue weighted by Gasteiger charge is -2.12. The average molecular weight is 279 g/mol. The van der Waals surface area contributed by atoms with Crippen molar-refractivity contribution in [1.29, 1.82) is 0 Å². The molecule has 0 spiro atoms. The van der Waals surface area contributed by atoms with Crippen molar-refractivity contribution < 1.29 is 0 Å². The number of fused-ring (bicyclic) bond motifs is 1. The van der Waals surface area contributed by atoms with Gasteiger partial charge in [0, 0.05) is 24.9 Å². The number of para-hydroxylation sites is 1. The summed E-state index contributed by atoms with van der Waals surface area (Å²) in [5.74, 6) is 0. The summed E-state index contributed by atoms with van der Waals surface area (Å²) in [6.07, 6.45) is 0.754. The van der Waals surface area contributed by atoms with E-state index in [0.717, 1.165) is 17.6 Å². The van der Waals surface area contributed by atoms with Gasteiger partial charge >= 0.3 is 0 Å². The first-order valence-corrected chi connectivity index (χ1v) is 7.29. The number of nitrogens with two attached hydrogens (primary N) is 1. The fraction of sp³-hybridized carbons (Fsp3) is 0.278. The summed E-state index contributed by atoms with van der Waals surface area (Å²) in [5, 5.41) is 5.83. The second-order valence-electron chi connectivity index (χ2n) is 5.74. The highest BCUT2D eigenvalue weighted by Gasteiger charge is 2.13. The Morgan fingerprint density at radius 2 is 1.86 bits per heavy atom. The first-order chi connectivity index (χ1) is 10.1. The maximum absolute atomic E-state index is 6.40. The highest BCUT2D eigenvalue weighted by molar-refractivity contribution is 5.81. The minimum Gasteiger partial charge on any atom is -0.324 e. The molecule has 0 amide bonds. The van der Waals surface area contributed by atoms with Gasteiger partial charge in [-0.2, -0.15) is 5.10 Å². The third kappa shape index (κ3) is 2.57. The molecule has 0 aliphatic carbocycles. The minimum absolute atomic E-state index is 0.0254. The van der Waals surface area contributed by atoms with Gasteiger partial charge < -0.3 is 5.73 Å². The van der Waals surface area contributed by atoms with Crippen molar-refractivity contribution in [2.24, 2.45) is 12.8 Å². The zero-order valence-corrected chi connectivity index (χ0v) is 12.8. The zero-order valence-electron chi connectivity index (χ0n) is 12.8. The van der Waals surface area contributed by atoms with Crippen LogP contribution in [0.1, 0.15) is 28.4 Å². The fourth-order valence-corrected chi connectivity index (χ4v) is 2.76. The molecule has 1 heterocycles. The maximum atomic E-state index is 6.40. The topological polar surface area (TPSA) is 43.8 Å². The van der Waals surface area contributed by atoms with Crippen molar-refractivity contribution >= 4 is 10.9 Å². The van der Waals surface area contributed by atoms with E-state index in [-0.39, 0.29) is 6.04 Å². The smallest absolute Gasteiger partial charge is 0.0722 e. The van der Waals surface area contributed by atoms with E-state index in [9.17, 15) is 0 Å². The molecule has 0 radical (unpaired) electrons. The van der Waals surface area contributed by atoms with Crippen LogP contribution in [0.4, 0.5) is 0 Å². The molecule has 0 bridgehead atoms. The molecule has 0 fully saturated rings. The van der Waals surface area contributed by atoms with Gasteiger partial charge in [-0.1, -0.05) is 36.4 Å². The van der Waals surface area contributed by atoms with E-state index in [4.69, 9.17) is 5.73 Å². The summed E-state index contributed by atoms with van der Waals surface area (Å²) >= 11 is 0. The van der Waals surface area contributed by atoms with Gasteiger partial charge in [0.05, 0.1) is 11.2 Å². The SMILES string of the molecule is Cc1ccc(C(N)Cc2nn(C)c3ccccc23)cc1C. The summed E-state index contributed by atoms with van der Waals surface area (Å²) in [7, 11) is 1.98. The minimum atomic E-state index is -0.0254. The van der Waals surface area contributed by atoms with Crippen molar-refractivity contribution in [3.05, 3.63) is 64.8 Å². The predicted octanol–water partition coefficient (Wildman–Crippen LogP) is 3.43. The molecule has 1 atom stereocenters. The molecule has 21 heavy (non-hydrogen) atoms. The second-order valence-corrected chi connectivity index (χ2v) is 5.74. The van der Waals surface area contributed by atoms with Crippen LogP contribution in [0.3, 0.4) is 0 Å². The van der Waals surface area contributed by atoms with Gasteiger partial charge in [0.25, 0.3) is 0 Å². The van der Waals surface area contributed by atoms with Crippen LogP contribution in [0.25, 0.3) is 10.9 Å². The van der Waals surface area contributed by atoms with Crippen LogP contribution < -0.4 is 5.73 Å². The quantitative estimate of drug-likeness (QED) is 0.798. The van der Waals surface area contributed by atoms with Crippen LogP contribution in [-0.2, 0) is 13.5 Å². The van der Waals surface area contributed by atoms with E-state index in [0.29, 0.717) is 0 Å². The number of hydrogen-bond donors (Lipinski definition) is 1. The number of hydrogen-bond acceptors (Lipinski definition) is 2. The summed E-state index contributed by atoms with van der Waals surface area (Å²) < 4.78 is 1.93. The second kappa shape index (κ2) is 5.34. The lowest BCUT2D eigenvalue weighted by atomic mass is 9.98. The average Bonchev–Trinajstić information content (AvgIpc) is 2.79. The molecule has 0 saturated heterocycles. The van der Waals surface area contributed by atoms with Crippen molar-refractivity contribution in [3.8, 4) is 0 Å². The summed E-state index contributed by atoms with van der Waals surface area (Å²) in [6.45, 7) is 4.25. The first kappa shape index (κ1) is 13.8. The highest BCUT2D eigenvalue weighted by Crippen LogP contribution is 2.23. The zero-order chi connectivity index (χ0) is 15.0. The third-order valence-electron chi connectivity index (χ3n) is 4.21. The van der Waals surface area contributed by atoms with Crippen LogP contribution in [0, 0.1) is 13.8 Å². The van der Waals surface area contributed by atoms with Gasteiger partial charge in [0.15, 0.2) is 0 Å². The molecule has 1 unspecified atom stereocenters. The fourth-order valence-electron chi connectivity index (χ4n) is 2.76. The van der Waals surface area contributed by atoms with Gasteiger partial charge in [0.2, 0.25) is 0 Å². The highest BCUT2D eigenvalue weighted by atomic mass is 15.3. The Labute approximate surface area is 125 Å². The Morgan fingerprint density at radius 3 is 2.62 bits per heavy atom. The van der Waals surface area contributed by atoms with Gasteiger partial charge in [-0.3, -0.25) is 4.68 Å². The Balaban J connectivity index is 1.92. The number of nitrogens with zero attached hydrogens (tertiary/aromatic N) is 2. The van der Waals surface area contributed by atoms with E-state index < -0.39 is 0 Å². The first-order valence-electron chi connectivity index (χ1n) is 7.29. The van der Waals surface area contributed by atoms with E-state index in [1.165, 1.54) is 22.1 Å². The van der Waals surface area contributed by atoms with Crippen LogP contribution in [-0.4, -0.2) is 9.78 Å². The Hall–Kier alpha value is -2.13. The lowest BCUT2D eigenvalue weighted by Crippen LogP contribution is -2.14. The van der Waals surface area contributed by atoms with Gasteiger partial charge in [-0.05, 0) is 36.6 Å². The van der Waals surface area contributed by atoms with Crippen LogP contribution >= 0.6 is 0 Å².